The zero-order chi connectivity index (χ0) is 20.4. The summed E-state index contributed by atoms with van der Waals surface area (Å²) < 4.78 is 0. The Morgan fingerprint density at radius 2 is 1.59 bits per heavy atom. The summed E-state index contributed by atoms with van der Waals surface area (Å²) in [5.74, 6) is -0.785. The highest BCUT2D eigenvalue weighted by molar-refractivity contribution is 6.46. The highest BCUT2D eigenvalue weighted by atomic mass is 35.5. The highest BCUT2D eigenvalue weighted by Crippen LogP contribution is 2.34. The minimum atomic E-state index is -0.407. The van der Waals surface area contributed by atoms with Gasteiger partial charge in [-0.15, -0.1) is 0 Å². The third-order valence-corrected chi connectivity index (χ3v) is 5.08. The van der Waals surface area contributed by atoms with Gasteiger partial charge in [0, 0.05) is 10.7 Å². The van der Waals surface area contributed by atoms with E-state index in [0.717, 1.165) is 17.0 Å². The molecule has 0 fully saturated rings. The Bertz CT molecular complexity index is 1110. The summed E-state index contributed by atoms with van der Waals surface area (Å²) >= 11 is 6.09. The van der Waals surface area contributed by atoms with E-state index in [2.05, 4.69) is 12.2 Å². The first-order chi connectivity index (χ1) is 14.1. The summed E-state index contributed by atoms with van der Waals surface area (Å²) in [6.45, 7) is 2.08. The zero-order valence-corrected chi connectivity index (χ0v) is 16.6. The number of benzene rings is 3. The number of carbonyl (C=O) groups excluding carboxylic acids is 2. The van der Waals surface area contributed by atoms with E-state index in [1.165, 1.54) is 5.56 Å². The number of aryl methyl sites for hydroxylation is 1. The van der Waals surface area contributed by atoms with Crippen molar-refractivity contribution < 1.29 is 9.59 Å². The van der Waals surface area contributed by atoms with Gasteiger partial charge in [0.25, 0.3) is 11.8 Å². The third kappa shape index (κ3) is 3.67. The standard InChI is InChI=1S/C24H19ClN2O2/c1-2-16-11-13-19(14-12-16)26-22-21(17-7-4-3-5-8-17)23(28)27(24(22)29)20-10-6-9-18(25)15-20/h3-15,26H,2H2,1H3. The molecular formula is C24H19ClN2O2. The van der Waals surface area contributed by atoms with Gasteiger partial charge in [-0.2, -0.15) is 0 Å². The zero-order valence-electron chi connectivity index (χ0n) is 15.9. The van der Waals surface area contributed by atoms with Crippen LogP contribution < -0.4 is 10.2 Å². The van der Waals surface area contributed by atoms with E-state index < -0.39 is 5.91 Å². The number of anilines is 2. The summed E-state index contributed by atoms with van der Waals surface area (Å²) in [4.78, 5) is 27.7. The second-order valence-electron chi connectivity index (χ2n) is 6.72. The van der Waals surface area contributed by atoms with Crippen molar-refractivity contribution in [3.63, 3.8) is 0 Å². The predicted molar refractivity (Wildman–Crippen MR) is 117 cm³/mol. The molecule has 0 saturated heterocycles. The molecule has 1 heterocycles. The van der Waals surface area contributed by atoms with Crippen LogP contribution in [0.25, 0.3) is 5.57 Å². The molecule has 2 amide bonds. The van der Waals surface area contributed by atoms with Crippen LogP contribution in [0.2, 0.25) is 5.02 Å². The molecule has 0 radical (unpaired) electrons. The van der Waals surface area contributed by atoms with Crippen molar-refractivity contribution >= 4 is 40.4 Å². The van der Waals surface area contributed by atoms with Crippen LogP contribution >= 0.6 is 11.6 Å². The van der Waals surface area contributed by atoms with Gasteiger partial charge in [0.1, 0.15) is 5.70 Å². The van der Waals surface area contributed by atoms with Gasteiger partial charge < -0.3 is 5.32 Å². The first kappa shape index (κ1) is 19.0. The number of carbonyl (C=O) groups is 2. The van der Waals surface area contributed by atoms with Crippen LogP contribution in [0.4, 0.5) is 11.4 Å². The van der Waals surface area contributed by atoms with Crippen molar-refractivity contribution in [2.45, 2.75) is 13.3 Å². The van der Waals surface area contributed by atoms with E-state index in [9.17, 15) is 9.59 Å². The second-order valence-corrected chi connectivity index (χ2v) is 7.15. The lowest BCUT2D eigenvalue weighted by atomic mass is 10.0. The number of nitrogens with zero attached hydrogens (tertiary/aromatic N) is 1. The monoisotopic (exact) mass is 402 g/mol. The second kappa shape index (κ2) is 7.94. The Balaban J connectivity index is 1.79. The molecule has 0 unspecified atom stereocenters. The lowest BCUT2D eigenvalue weighted by Crippen LogP contribution is -2.32. The van der Waals surface area contributed by atoms with Crippen LogP contribution in [0.1, 0.15) is 18.1 Å². The van der Waals surface area contributed by atoms with Gasteiger partial charge >= 0.3 is 0 Å². The van der Waals surface area contributed by atoms with Crippen LogP contribution in [0.5, 0.6) is 0 Å². The number of halogens is 1. The van der Waals surface area contributed by atoms with Crippen molar-refractivity contribution in [1.82, 2.24) is 0 Å². The van der Waals surface area contributed by atoms with E-state index in [1.807, 2.05) is 54.6 Å². The summed E-state index contributed by atoms with van der Waals surface area (Å²) in [7, 11) is 0. The Morgan fingerprint density at radius 1 is 0.862 bits per heavy atom. The summed E-state index contributed by atoms with van der Waals surface area (Å²) in [6, 6.07) is 23.8. The number of imide groups is 1. The first-order valence-electron chi connectivity index (χ1n) is 9.38. The first-order valence-corrected chi connectivity index (χ1v) is 9.76. The van der Waals surface area contributed by atoms with Gasteiger partial charge in [-0.25, -0.2) is 4.90 Å². The number of rotatable bonds is 5. The highest BCUT2D eigenvalue weighted by Gasteiger charge is 2.40. The van der Waals surface area contributed by atoms with E-state index in [4.69, 9.17) is 11.6 Å². The fourth-order valence-electron chi connectivity index (χ4n) is 3.34. The minimum Gasteiger partial charge on any atom is -0.350 e. The lowest BCUT2D eigenvalue weighted by molar-refractivity contribution is -0.120. The molecule has 0 spiro atoms. The number of hydrogen-bond donors (Lipinski definition) is 1. The van der Waals surface area contributed by atoms with Gasteiger partial charge in [-0.1, -0.05) is 67.1 Å². The largest absolute Gasteiger partial charge is 0.350 e. The van der Waals surface area contributed by atoms with Gasteiger partial charge in [0.2, 0.25) is 0 Å². The maximum atomic E-state index is 13.3. The topological polar surface area (TPSA) is 49.4 Å². The Hall–Kier alpha value is -3.37. The van der Waals surface area contributed by atoms with Crippen molar-refractivity contribution in [2.75, 3.05) is 10.2 Å². The Kier molecular flexibility index (Phi) is 5.19. The molecule has 0 atom stereocenters. The number of hydrogen-bond acceptors (Lipinski definition) is 3. The summed E-state index contributed by atoms with van der Waals surface area (Å²) in [5.41, 5.74) is 3.67. The lowest BCUT2D eigenvalue weighted by Gasteiger charge is -2.15. The number of nitrogens with one attached hydrogen (secondary N) is 1. The van der Waals surface area contributed by atoms with Crippen LogP contribution in [-0.2, 0) is 16.0 Å². The van der Waals surface area contributed by atoms with Crippen molar-refractivity contribution in [3.8, 4) is 0 Å². The molecular weight excluding hydrogens is 384 g/mol. The summed E-state index contributed by atoms with van der Waals surface area (Å²) in [6.07, 6.45) is 0.929. The smallest absolute Gasteiger partial charge is 0.282 e. The maximum absolute atomic E-state index is 13.3. The minimum absolute atomic E-state index is 0.255. The molecule has 0 saturated carbocycles. The molecule has 144 valence electrons. The Morgan fingerprint density at radius 3 is 2.24 bits per heavy atom. The fourth-order valence-corrected chi connectivity index (χ4v) is 3.52. The van der Waals surface area contributed by atoms with Gasteiger partial charge in [0.15, 0.2) is 0 Å². The average Bonchev–Trinajstić information content (AvgIpc) is 2.98. The van der Waals surface area contributed by atoms with Crippen LogP contribution in [-0.4, -0.2) is 11.8 Å². The van der Waals surface area contributed by atoms with Gasteiger partial charge in [0.05, 0.1) is 11.3 Å². The molecule has 4 rings (SSSR count). The average molecular weight is 403 g/mol. The van der Waals surface area contributed by atoms with E-state index in [-0.39, 0.29) is 11.6 Å². The van der Waals surface area contributed by atoms with Crippen LogP contribution in [0, 0.1) is 0 Å². The molecule has 0 bridgehead atoms. The SMILES string of the molecule is CCc1ccc(NC2=C(c3ccccc3)C(=O)N(c3cccc(Cl)c3)C2=O)cc1. The molecule has 1 N–H and O–H groups in total. The number of amides is 2. The molecule has 0 aliphatic carbocycles. The third-order valence-electron chi connectivity index (χ3n) is 4.84. The molecule has 29 heavy (non-hydrogen) atoms. The van der Waals surface area contributed by atoms with Crippen molar-refractivity contribution in [3.05, 3.63) is 101 Å². The van der Waals surface area contributed by atoms with E-state index >= 15 is 0 Å². The maximum Gasteiger partial charge on any atom is 0.282 e. The molecule has 5 heteroatoms. The van der Waals surface area contributed by atoms with E-state index in [0.29, 0.717) is 21.8 Å². The van der Waals surface area contributed by atoms with Gasteiger partial charge in [-0.3, -0.25) is 9.59 Å². The molecule has 4 nitrogen and oxygen atoms in total. The van der Waals surface area contributed by atoms with Crippen molar-refractivity contribution in [2.24, 2.45) is 0 Å². The van der Waals surface area contributed by atoms with Crippen LogP contribution in [0.3, 0.4) is 0 Å². The predicted octanol–water partition coefficient (Wildman–Crippen LogP) is 5.30. The van der Waals surface area contributed by atoms with Crippen molar-refractivity contribution in [1.29, 1.82) is 0 Å². The molecule has 3 aromatic rings. The fraction of sp³-hybridized carbons (Fsp3) is 0.0833. The van der Waals surface area contributed by atoms with Gasteiger partial charge in [-0.05, 0) is 47.9 Å². The summed E-state index contributed by atoms with van der Waals surface area (Å²) in [5, 5.41) is 3.63. The normalized spacial score (nSPS) is 13.9. The Labute approximate surface area is 174 Å². The molecule has 3 aromatic carbocycles. The molecule has 1 aliphatic rings. The quantitative estimate of drug-likeness (QED) is 0.589. The van der Waals surface area contributed by atoms with Crippen LogP contribution in [0.15, 0.2) is 84.6 Å². The molecule has 0 aromatic heterocycles. The van der Waals surface area contributed by atoms with E-state index in [1.54, 1.807) is 24.3 Å². The molecule has 1 aliphatic heterocycles.